The van der Waals surface area contributed by atoms with E-state index in [2.05, 4.69) is 16.1 Å². The van der Waals surface area contributed by atoms with Crippen molar-refractivity contribution >= 4 is 11.9 Å². The summed E-state index contributed by atoms with van der Waals surface area (Å²) in [7, 11) is 0. The molecule has 21 heavy (non-hydrogen) atoms. The highest BCUT2D eigenvalue weighted by Gasteiger charge is 2.60. The number of carbonyl (C=O) groups excluding carboxylic acids is 2. The molecule has 0 saturated heterocycles. The summed E-state index contributed by atoms with van der Waals surface area (Å²) < 4.78 is 80.8. The van der Waals surface area contributed by atoms with Gasteiger partial charge in [-0.15, -0.1) is 0 Å². The number of alkyl halides is 6. The molecule has 0 amide bonds. The van der Waals surface area contributed by atoms with Crippen molar-refractivity contribution < 1.29 is 45.4 Å². The van der Waals surface area contributed by atoms with Crippen LogP contribution in [0.3, 0.4) is 0 Å². The predicted molar refractivity (Wildman–Crippen MR) is 57.0 cm³/mol. The van der Waals surface area contributed by atoms with Crippen molar-refractivity contribution in [1.82, 2.24) is 0 Å². The second-order valence-electron chi connectivity index (χ2n) is 4.19. The van der Waals surface area contributed by atoms with Crippen molar-refractivity contribution in [2.24, 2.45) is 0 Å². The third kappa shape index (κ3) is 7.00. The van der Waals surface area contributed by atoms with E-state index in [-0.39, 0.29) is 0 Å². The lowest BCUT2D eigenvalue weighted by molar-refractivity contribution is -0.312. The Balaban J connectivity index is 4.79. The van der Waals surface area contributed by atoms with Crippen molar-refractivity contribution in [1.29, 1.82) is 0 Å². The number of rotatable bonds is 5. The lowest BCUT2D eigenvalue weighted by Gasteiger charge is -2.23. The number of carbonyl (C=O) groups is 2. The van der Waals surface area contributed by atoms with E-state index in [1.807, 2.05) is 0 Å². The molecule has 0 fully saturated rings. The molecule has 0 rings (SSSR count). The Morgan fingerprint density at radius 1 is 1.00 bits per heavy atom. The maximum Gasteiger partial charge on any atom is 0.434 e. The van der Waals surface area contributed by atoms with Crippen LogP contribution in [0.2, 0.25) is 0 Å². The normalized spacial score (nSPS) is 12.5. The number of ether oxygens (including phenoxy) is 2. The van der Waals surface area contributed by atoms with Crippen LogP contribution in [-0.4, -0.2) is 36.5 Å². The minimum Gasteiger partial charge on any atom is -0.463 e. The van der Waals surface area contributed by atoms with Gasteiger partial charge in [-0.05, 0) is 13.8 Å². The Kier molecular flexibility index (Phi) is 6.25. The first-order valence-corrected chi connectivity index (χ1v) is 5.46. The quantitative estimate of drug-likeness (QED) is 0.444. The fourth-order valence-electron chi connectivity index (χ4n) is 1.06. The van der Waals surface area contributed by atoms with Gasteiger partial charge < -0.3 is 9.47 Å². The van der Waals surface area contributed by atoms with Gasteiger partial charge in [-0.3, -0.25) is 4.79 Å². The zero-order valence-corrected chi connectivity index (χ0v) is 11.0. The van der Waals surface area contributed by atoms with Gasteiger partial charge in [-0.1, -0.05) is 6.58 Å². The molecule has 0 unspecified atom stereocenters. The molecule has 0 aliphatic rings. The summed E-state index contributed by atoms with van der Waals surface area (Å²) in [6, 6.07) is 0. The lowest BCUT2D eigenvalue weighted by atomic mass is 10.2. The van der Waals surface area contributed by atoms with E-state index in [0.29, 0.717) is 0 Å². The fraction of sp³-hybridized carbons (Fsp3) is 0.636. The summed E-state index contributed by atoms with van der Waals surface area (Å²) in [6.45, 7) is 5.83. The lowest BCUT2D eigenvalue weighted by Crippen LogP contribution is -2.45. The van der Waals surface area contributed by atoms with Crippen molar-refractivity contribution in [2.75, 3.05) is 0 Å². The standard InChI is InChI=1S/C11H12F6O4/c1-5(2)20-7(18)4-6(3)8(19)21-9(10(12,13)14)11(15,16)17/h5,9H,3-4H2,1-2H3. The van der Waals surface area contributed by atoms with Gasteiger partial charge in [0.1, 0.15) is 0 Å². The summed E-state index contributed by atoms with van der Waals surface area (Å²) in [5.41, 5.74) is -0.876. The zero-order chi connectivity index (χ0) is 17.0. The Hall–Kier alpha value is -1.74. The first-order valence-electron chi connectivity index (χ1n) is 5.46. The molecule has 0 spiro atoms. The molecule has 0 bridgehead atoms. The van der Waals surface area contributed by atoms with Crippen LogP contribution in [0, 0.1) is 0 Å². The van der Waals surface area contributed by atoms with Gasteiger partial charge in [0.25, 0.3) is 6.10 Å². The monoisotopic (exact) mass is 322 g/mol. The molecule has 10 heteroatoms. The third-order valence-corrected chi connectivity index (χ3v) is 1.83. The van der Waals surface area contributed by atoms with Crippen LogP contribution in [0.25, 0.3) is 0 Å². The molecule has 4 nitrogen and oxygen atoms in total. The van der Waals surface area contributed by atoms with Crippen molar-refractivity contribution in [3.63, 3.8) is 0 Å². The van der Waals surface area contributed by atoms with Crippen LogP contribution in [0.15, 0.2) is 12.2 Å². The molecular formula is C11H12F6O4. The Bertz CT molecular complexity index is 396. The summed E-state index contributed by atoms with van der Waals surface area (Å²) in [5, 5.41) is 0. The average molecular weight is 322 g/mol. The highest BCUT2D eigenvalue weighted by molar-refractivity contribution is 5.93. The number of halogens is 6. The Morgan fingerprint density at radius 3 is 1.76 bits per heavy atom. The highest BCUT2D eigenvalue weighted by Crippen LogP contribution is 2.36. The average Bonchev–Trinajstić information content (AvgIpc) is 2.20. The summed E-state index contributed by atoms with van der Waals surface area (Å²) >= 11 is 0. The summed E-state index contributed by atoms with van der Waals surface area (Å²) in [5.74, 6) is -3.00. The van der Waals surface area contributed by atoms with Gasteiger partial charge >= 0.3 is 24.3 Å². The second-order valence-corrected chi connectivity index (χ2v) is 4.19. The minimum absolute atomic E-state index is 0.570. The number of hydrogen-bond donors (Lipinski definition) is 0. The van der Waals surface area contributed by atoms with Gasteiger partial charge in [0.2, 0.25) is 0 Å². The molecule has 0 radical (unpaired) electrons. The maximum absolute atomic E-state index is 12.2. The van der Waals surface area contributed by atoms with Crippen molar-refractivity contribution in [3.05, 3.63) is 12.2 Å². The van der Waals surface area contributed by atoms with E-state index in [1.165, 1.54) is 13.8 Å². The van der Waals surface area contributed by atoms with Gasteiger partial charge in [0.05, 0.1) is 12.5 Å². The fourth-order valence-corrected chi connectivity index (χ4v) is 1.06. The zero-order valence-electron chi connectivity index (χ0n) is 11.0. The molecule has 0 heterocycles. The molecule has 0 N–H and O–H groups in total. The summed E-state index contributed by atoms with van der Waals surface area (Å²) in [6.07, 6.45) is -17.4. The van der Waals surface area contributed by atoms with E-state index in [4.69, 9.17) is 0 Å². The smallest absolute Gasteiger partial charge is 0.434 e. The van der Waals surface area contributed by atoms with E-state index < -0.39 is 48.5 Å². The van der Waals surface area contributed by atoms with Gasteiger partial charge in [0, 0.05) is 5.57 Å². The topological polar surface area (TPSA) is 52.6 Å². The number of hydrogen-bond acceptors (Lipinski definition) is 4. The van der Waals surface area contributed by atoms with Crippen LogP contribution < -0.4 is 0 Å². The molecule has 122 valence electrons. The third-order valence-electron chi connectivity index (χ3n) is 1.83. The molecule has 0 aliphatic heterocycles. The first-order chi connectivity index (χ1) is 9.25. The molecular weight excluding hydrogens is 310 g/mol. The van der Waals surface area contributed by atoms with Crippen LogP contribution in [-0.2, 0) is 19.1 Å². The minimum atomic E-state index is -5.83. The molecule has 0 aliphatic carbocycles. The molecule has 0 aromatic carbocycles. The van der Waals surface area contributed by atoms with E-state index in [1.54, 1.807) is 0 Å². The number of esters is 2. The Morgan fingerprint density at radius 2 is 1.43 bits per heavy atom. The van der Waals surface area contributed by atoms with Crippen LogP contribution in [0.1, 0.15) is 20.3 Å². The van der Waals surface area contributed by atoms with E-state index in [0.717, 1.165) is 0 Å². The maximum atomic E-state index is 12.2. The second kappa shape index (κ2) is 6.81. The summed E-state index contributed by atoms with van der Waals surface area (Å²) in [4.78, 5) is 22.3. The van der Waals surface area contributed by atoms with Gasteiger partial charge in [-0.2, -0.15) is 26.3 Å². The van der Waals surface area contributed by atoms with Gasteiger partial charge in [-0.25, -0.2) is 4.79 Å². The SMILES string of the molecule is C=C(CC(=O)OC(C)C)C(=O)OC(C(F)(F)F)C(F)(F)F. The highest BCUT2D eigenvalue weighted by atomic mass is 19.4. The molecule has 0 aromatic rings. The van der Waals surface area contributed by atoms with E-state index in [9.17, 15) is 35.9 Å². The molecule has 0 saturated carbocycles. The van der Waals surface area contributed by atoms with Crippen molar-refractivity contribution in [3.8, 4) is 0 Å². The molecule has 0 aromatic heterocycles. The van der Waals surface area contributed by atoms with Crippen LogP contribution in [0.4, 0.5) is 26.3 Å². The molecule has 0 atom stereocenters. The van der Waals surface area contributed by atoms with Crippen LogP contribution in [0.5, 0.6) is 0 Å². The predicted octanol–water partition coefficient (Wildman–Crippen LogP) is 2.92. The first kappa shape index (κ1) is 19.3. The largest absolute Gasteiger partial charge is 0.463 e. The van der Waals surface area contributed by atoms with E-state index >= 15 is 0 Å². The van der Waals surface area contributed by atoms with Gasteiger partial charge in [0.15, 0.2) is 0 Å². The van der Waals surface area contributed by atoms with Crippen LogP contribution >= 0.6 is 0 Å². The Labute approximate surface area is 115 Å². The van der Waals surface area contributed by atoms with Crippen molar-refractivity contribution in [2.45, 2.75) is 44.8 Å².